The van der Waals surface area contributed by atoms with Crippen molar-refractivity contribution in [2.45, 2.75) is 18.9 Å². The fourth-order valence-electron chi connectivity index (χ4n) is 2.90. The Labute approximate surface area is 140 Å². The SMILES string of the molecule is CN(C)c1cccc(C(=O)NC[C@@H]2CCCN2c2nccs2)c1. The molecule has 1 saturated heterocycles. The molecule has 0 aliphatic carbocycles. The van der Waals surface area contributed by atoms with Gasteiger partial charge in [0, 0.05) is 56.1 Å². The molecule has 2 heterocycles. The summed E-state index contributed by atoms with van der Waals surface area (Å²) in [5.41, 5.74) is 1.73. The highest BCUT2D eigenvalue weighted by Crippen LogP contribution is 2.26. The van der Waals surface area contributed by atoms with Gasteiger partial charge in [0.1, 0.15) is 0 Å². The van der Waals surface area contributed by atoms with Gasteiger partial charge in [0.05, 0.1) is 0 Å². The van der Waals surface area contributed by atoms with E-state index in [1.54, 1.807) is 11.3 Å². The Hall–Kier alpha value is -2.08. The summed E-state index contributed by atoms with van der Waals surface area (Å²) >= 11 is 1.66. The number of nitrogens with zero attached hydrogens (tertiary/aromatic N) is 3. The van der Waals surface area contributed by atoms with E-state index in [1.807, 2.05) is 54.8 Å². The van der Waals surface area contributed by atoms with E-state index in [4.69, 9.17) is 0 Å². The predicted octanol–water partition coefficient (Wildman–Crippen LogP) is 2.61. The van der Waals surface area contributed by atoms with Crippen molar-refractivity contribution in [2.75, 3.05) is 37.0 Å². The molecule has 0 radical (unpaired) electrons. The van der Waals surface area contributed by atoms with Crippen molar-refractivity contribution in [1.82, 2.24) is 10.3 Å². The lowest BCUT2D eigenvalue weighted by atomic mass is 10.1. The highest BCUT2D eigenvalue weighted by atomic mass is 32.1. The Kier molecular flexibility index (Phi) is 4.81. The molecule has 0 spiro atoms. The van der Waals surface area contributed by atoms with Crippen molar-refractivity contribution in [3.05, 3.63) is 41.4 Å². The second-order valence-electron chi connectivity index (χ2n) is 5.96. The summed E-state index contributed by atoms with van der Waals surface area (Å²) in [6.45, 7) is 1.68. The molecule has 1 fully saturated rings. The molecule has 5 nitrogen and oxygen atoms in total. The van der Waals surface area contributed by atoms with Gasteiger partial charge in [0.2, 0.25) is 0 Å². The topological polar surface area (TPSA) is 48.5 Å². The number of hydrogen-bond acceptors (Lipinski definition) is 5. The van der Waals surface area contributed by atoms with Crippen LogP contribution in [0.5, 0.6) is 0 Å². The summed E-state index contributed by atoms with van der Waals surface area (Å²) < 4.78 is 0. The molecule has 1 aromatic heterocycles. The number of benzene rings is 1. The average molecular weight is 330 g/mol. The highest BCUT2D eigenvalue weighted by molar-refractivity contribution is 7.13. The van der Waals surface area contributed by atoms with Gasteiger partial charge in [-0.2, -0.15) is 0 Å². The third kappa shape index (κ3) is 3.64. The third-order valence-corrected chi connectivity index (χ3v) is 4.97. The quantitative estimate of drug-likeness (QED) is 0.915. The van der Waals surface area contributed by atoms with Crippen LogP contribution in [0, 0.1) is 0 Å². The van der Waals surface area contributed by atoms with Gasteiger partial charge in [-0.25, -0.2) is 4.98 Å². The fraction of sp³-hybridized carbons (Fsp3) is 0.412. The van der Waals surface area contributed by atoms with Crippen LogP contribution in [0.1, 0.15) is 23.2 Å². The van der Waals surface area contributed by atoms with E-state index in [-0.39, 0.29) is 5.91 Å². The maximum Gasteiger partial charge on any atom is 0.251 e. The van der Waals surface area contributed by atoms with Gasteiger partial charge in [0.25, 0.3) is 5.91 Å². The van der Waals surface area contributed by atoms with E-state index in [9.17, 15) is 4.79 Å². The smallest absolute Gasteiger partial charge is 0.251 e. The van der Waals surface area contributed by atoms with Gasteiger partial charge in [-0.1, -0.05) is 6.07 Å². The van der Waals surface area contributed by atoms with Crippen molar-refractivity contribution >= 4 is 28.1 Å². The van der Waals surface area contributed by atoms with Crippen molar-refractivity contribution in [3.8, 4) is 0 Å². The Balaban J connectivity index is 1.61. The second kappa shape index (κ2) is 7.00. The minimum Gasteiger partial charge on any atom is -0.378 e. The van der Waals surface area contributed by atoms with E-state index in [2.05, 4.69) is 15.2 Å². The molecular formula is C17H22N4OS. The van der Waals surface area contributed by atoms with E-state index in [0.29, 0.717) is 18.2 Å². The van der Waals surface area contributed by atoms with Gasteiger partial charge in [-0.15, -0.1) is 11.3 Å². The maximum atomic E-state index is 12.4. The number of aromatic nitrogens is 1. The molecule has 1 aromatic carbocycles. The van der Waals surface area contributed by atoms with E-state index < -0.39 is 0 Å². The van der Waals surface area contributed by atoms with Crippen LogP contribution in [0.4, 0.5) is 10.8 Å². The van der Waals surface area contributed by atoms with Gasteiger partial charge in [0.15, 0.2) is 5.13 Å². The largest absolute Gasteiger partial charge is 0.378 e. The Morgan fingerprint density at radius 3 is 3.09 bits per heavy atom. The Morgan fingerprint density at radius 2 is 2.35 bits per heavy atom. The minimum atomic E-state index is -0.0142. The molecule has 23 heavy (non-hydrogen) atoms. The lowest BCUT2D eigenvalue weighted by Gasteiger charge is -2.24. The number of anilines is 2. The van der Waals surface area contributed by atoms with Gasteiger partial charge in [-0.05, 0) is 31.0 Å². The van der Waals surface area contributed by atoms with Crippen molar-refractivity contribution in [1.29, 1.82) is 0 Å². The van der Waals surface area contributed by atoms with Crippen LogP contribution in [-0.4, -0.2) is 44.1 Å². The van der Waals surface area contributed by atoms with Gasteiger partial charge >= 0.3 is 0 Å². The third-order valence-electron chi connectivity index (χ3n) is 4.17. The molecule has 2 aromatic rings. The molecule has 1 N–H and O–H groups in total. The maximum absolute atomic E-state index is 12.4. The molecule has 1 aliphatic heterocycles. The van der Waals surface area contributed by atoms with E-state index in [0.717, 1.165) is 30.2 Å². The summed E-state index contributed by atoms with van der Waals surface area (Å²) in [7, 11) is 3.95. The molecule has 1 aliphatic rings. The molecule has 0 unspecified atom stereocenters. The highest BCUT2D eigenvalue weighted by Gasteiger charge is 2.26. The number of hydrogen-bond donors (Lipinski definition) is 1. The summed E-state index contributed by atoms with van der Waals surface area (Å²) in [5, 5.41) is 6.12. The summed E-state index contributed by atoms with van der Waals surface area (Å²) in [6.07, 6.45) is 4.08. The standard InChI is InChI=1S/C17H22N4OS/c1-20(2)14-6-3-5-13(11-14)16(22)19-12-15-7-4-9-21(15)17-18-8-10-23-17/h3,5-6,8,10-11,15H,4,7,9,12H2,1-2H3,(H,19,22)/t15-/m0/s1. The Morgan fingerprint density at radius 1 is 1.48 bits per heavy atom. The predicted molar refractivity (Wildman–Crippen MR) is 95.6 cm³/mol. The zero-order valence-electron chi connectivity index (χ0n) is 13.5. The monoisotopic (exact) mass is 330 g/mol. The van der Waals surface area contributed by atoms with Crippen LogP contribution in [0.2, 0.25) is 0 Å². The van der Waals surface area contributed by atoms with Crippen LogP contribution < -0.4 is 15.1 Å². The molecule has 3 rings (SSSR count). The van der Waals surface area contributed by atoms with Gasteiger partial charge < -0.3 is 15.1 Å². The molecule has 1 amide bonds. The summed E-state index contributed by atoms with van der Waals surface area (Å²) in [6, 6.07) is 8.03. The summed E-state index contributed by atoms with van der Waals surface area (Å²) in [5.74, 6) is -0.0142. The number of carbonyl (C=O) groups is 1. The zero-order chi connectivity index (χ0) is 16.2. The summed E-state index contributed by atoms with van der Waals surface area (Å²) in [4.78, 5) is 21.1. The number of amides is 1. The molecule has 122 valence electrons. The first-order chi connectivity index (χ1) is 11.1. The lowest BCUT2D eigenvalue weighted by molar-refractivity contribution is 0.0951. The van der Waals surface area contributed by atoms with Crippen molar-refractivity contribution in [2.24, 2.45) is 0 Å². The first-order valence-corrected chi connectivity index (χ1v) is 8.75. The van der Waals surface area contributed by atoms with Crippen LogP contribution in [0.25, 0.3) is 0 Å². The van der Waals surface area contributed by atoms with Crippen molar-refractivity contribution in [3.63, 3.8) is 0 Å². The molecular weight excluding hydrogens is 308 g/mol. The molecule has 0 saturated carbocycles. The number of thiazole rings is 1. The normalized spacial score (nSPS) is 17.3. The average Bonchev–Trinajstić information content (AvgIpc) is 3.23. The first-order valence-electron chi connectivity index (χ1n) is 7.87. The van der Waals surface area contributed by atoms with Crippen LogP contribution in [0.15, 0.2) is 35.8 Å². The first kappa shape index (κ1) is 15.8. The zero-order valence-corrected chi connectivity index (χ0v) is 14.3. The second-order valence-corrected chi connectivity index (χ2v) is 6.83. The van der Waals surface area contributed by atoms with Crippen molar-refractivity contribution < 1.29 is 4.79 Å². The number of carbonyl (C=O) groups excluding carboxylic acids is 1. The number of rotatable bonds is 5. The number of nitrogens with one attached hydrogen (secondary N) is 1. The van der Waals surface area contributed by atoms with Crippen LogP contribution in [-0.2, 0) is 0 Å². The van der Waals surface area contributed by atoms with E-state index in [1.165, 1.54) is 0 Å². The lowest BCUT2D eigenvalue weighted by Crippen LogP contribution is -2.40. The molecule has 1 atom stereocenters. The van der Waals surface area contributed by atoms with Crippen LogP contribution in [0.3, 0.4) is 0 Å². The van der Waals surface area contributed by atoms with E-state index >= 15 is 0 Å². The minimum absolute atomic E-state index is 0.0142. The molecule has 6 heteroatoms. The van der Waals surface area contributed by atoms with Crippen LogP contribution >= 0.6 is 11.3 Å². The molecule has 0 bridgehead atoms. The fourth-order valence-corrected chi connectivity index (χ4v) is 3.64. The Bertz CT molecular complexity index is 656. The van der Waals surface area contributed by atoms with Gasteiger partial charge in [-0.3, -0.25) is 4.79 Å².